The average molecular weight is 308 g/mol. The standard InChI is InChI=1S/C10H14ClN3O2S2/c11-9-6-8(7-13-10(9)12)18(15,16)14-2-1-4-17-5-3-14/h6-7H,1-5H2,(H2,12,13). The Morgan fingerprint density at radius 2 is 2.17 bits per heavy atom. The topological polar surface area (TPSA) is 76.3 Å². The molecule has 0 saturated carbocycles. The fourth-order valence-electron chi connectivity index (χ4n) is 1.68. The number of thioether (sulfide) groups is 1. The molecule has 1 fully saturated rings. The molecule has 2 rings (SSSR count). The molecule has 1 aliphatic rings. The molecule has 1 aromatic heterocycles. The third kappa shape index (κ3) is 2.90. The zero-order chi connectivity index (χ0) is 13.2. The van der Waals surface area contributed by atoms with Gasteiger partial charge in [0.2, 0.25) is 10.0 Å². The van der Waals surface area contributed by atoms with Gasteiger partial charge >= 0.3 is 0 Å². The summed E-state index contributed by atoms with van der Waals surface area (Å²) in [5, 5.41) is 0.167. The van der Waals surface area contributed by atoms with Crippen molar-refractivity contribution in [2.45, 2.75) is 11.3 Å². The van der Waals surface area contributed by atoms with Gasteiger partial charge in [-0.3, -0.25) is 0 Å². The van der Waals surface area contributed by atoms with E-state index in [2.05, 4.69) is 4.98 Å². The lowest BCUT2D eigenvalue weighted by Gasteiger charge is -2.19. The Labute approximate surface area is 116 Å². The molecule has 0 radical (unpaired) electrons. The van der Waals surface area contributed by atoms with Crippen molar-refractivity contribution < 1.29 is 8.42 Å². The van der Waals surface area contributed by atoms with E-state index in [1.165, 1.54) is 16.6 Å². The summed E-state index contributed by atoms with van der Waals surface area (Å²) in [6, 6.07) is 1.36. The number of nitrogens with two attached hydrogens (primary N) is 1. The van der Waals surface area contributed by atoms with E-state index in [9.17, 15) is 8.42 Å². The summed E-state index contributed by atoms with van der Waals surface area (Å²) in [4.78, 5) is 3.90. The summed E-state index contributed by atoms with van der Waals surface area (Å²) in [7, 11) is -3.51. The van der Waals surface area contributed by atoms with Gasteiger partial charge in [-0.25, -0.2) is 13.4 Å². The van der Waals surface area contributed by atoms with E-state index >= 15 is 0 Å². The van der Waals surface area contributed by atoms with Gasteiger partial charge in [-0.2, -0.15) is 16.1 Å². The zero-order valence-electron chi connectivity index (χ0n) is 9.67. The van der Waals surface area contributed by atoms with Crippen LogP contribution >= 0.6 is 23.4 Å². The van der Waals surface area contributed by atoms with Gasteiger partial charge < -0.3 is 5.73 Å². The largest absolute Gasteiger partial charge is 0.382 e. The van der Waals surface area contributed by atoms with Crippen molar-refractivity contribution in [3.05, 3.63) is 17.3 Å². The lowest BCUT2D eigenvalue weighted by Crippen LogP contribution is -2.33. The summed E-state index contributed by atoms with van der Waals surface area (Å²) in [5.74, 6) is 1.95. The summed E-state index contributed by atoms with van der Waals surface area (Å²) in [6.45, 7) is 1.06. The van der Waals surface area contributed by atoms with E-state index in [1.54, 1.807) is 11.8 Å². The molecule has 5 nitrogen and oxygen atoms in total. The molecular weight excluding hydrogens is 294 g/mol. The van der Waals surface area contributed by atoms with E-state index < -0.39 is 10.0 Å². The number of hydrogen-bond acceptors (Lipinski definition) is 5. The van der Waals surface area contributed by atoms with Crippen LogP contribution in [0.5, 0.6) is 0 Å². The molecule has 8 heteroatoms. The van der Waals surface area contributed by atoms with Crippen molar-refractivity contribution in [3.8, 4) is 0 Å². The van der Waals surface area contributed by atoms with Crippen LogP contribution < -0.4 is 5.73 Å². The fraction of sp³-hybridized carbons (Fsp3) is 0.500. The molecule has 0 aliphatic carbocycles. The molecule has 1 aliphatic heterocycles. The SMILES string of the molecule is Nc1ncc(S(=O)(=O)N2CCCSCC2)cc1Cl. The van der Waals surface area contributed by atoms with Crippen molar-refractivity contribution in [1.29, 1.82) is 0 Å². The van der Waals surface area contributed by atoms with Crippen molar-refractivity contribution in [2.24, 2.45) is 0 Å². The van der Waals surface area contributed by atoms with Crippen LogP contribution in [0.1, 0.15) is 6.42 Å². The highest BCUT2D eigenvalue weighted by molar-refractivity contribution is 7.99. The number of hydrogen-bond donors (Lipinski definition) is 1. The second kappa shape index (κ2) is 5.64. The Morgan fingerprint density at radius 1 is 1.39 bits per heavy atom. The van der Waals surface area contributed by atoms with Crippen LogP contribution in [0, 0.1) is 0 Å². The number of anilines is 1. The van der Waals surface area contributed by atoms with Crippen LogP contribution in [0.2, 0.25) is 5.02 Å². The van der Waals surface area contributed by atoms with Crippen molar-refractivity contribution in [3.63, 3.8) is 0 Å². The second-order valence-electron chi connectivity index (χ2n) is 3.91. The normalized spacial score (nSPS) is 18.5. The third-order valence-corrected chi connectivity index (χ3v) is 5.88. The lowest BCUT2D eigenvalue weighted by molar-refractivity contribution is 0.435. The Morgan fingerprint density at radius 3 is 2.89 bits per heavy atom. The van der Waals surface area contributed by atoms with Gasteiger partial charge in [0, 0.05) is 25.0 Å². The van der Waals surface area contributed by atoms with E-state index in [0.29, 0.717) is 13.1 Å². The first-order chi connectivity index (χ1) is 8.51. The van der Waals surface area contributed by atoms with E-state index in [0.717, 1.165) is 17.9 Å². The van der Waals surface area contributed by atoms with Crippen LogP contribution in [0.3, 0.4) is 0 Å². The number of pyridine rings is 1. The zero-order valence-corrected chi connectivity index (χ0v) is 12.1. The summed E-state index contributed by atoms with van der Waals surface area (Å²) < 4.78 is 26.2. The highest BCUT2D eigenvalue weighted by atomic mass is 35.5. The Kier molecular flexibility index (Phi) is 4.37. The van der Waals surface area contributed by atoms with Crippen LogP contribution in [-0.2, 0) is 10.0 Å². The summed E-state index contributed by atoms with van der Waals surface area (Å²) >= 11 is 7.59. The van der Waals surface area contributed by atoms with Gasteiger partial charge in [0.05, 0.1) is 5.02 Å². The maximum atomic E-state index is 12.4. The molecule has 1 saturated heterocycles. The smallest absolute Gasteiger partial charge is 0.244 e. The predicted molar refractivity (Wildman–Crippen MR) is 74.4 cm³/mol. The maximum Gasteiger partial charge on any atom is 0.244 e. The molecule has 2 heterocycles. The quantitative estimate of drug-likeness (QED) is 0.895. The first kappa shape index (κ1) is 13.9. The highest BCUT2D eigenvalue weighted by Crippen LogP contribution is 2.24. The molecule has 0 bridgehead atoms. The number of rotatable bonds is 2. The van der Waals surface area contributed by atoms with E-state index in [4.69, 9.17) is 17.3 Å². The Bertz CT molecular complexity index is 528. The first-order valence-corrected chi connectivity index (χ1v) is 8.48. The second-order valence-corrected chi connectivity index (χ2v) is 7.48. The molecule has 0 aromatic carbocycles. The minimum Gasteiger partial charge on any atom is -0.382 e. The van der Waals surface area contributed by atoms with Gasteiger partial charge in [-0.05, 0) is 18.2 Å². The molecule has 18 heavy (non-hydrogen) atoms. The average Bonchev–Trinajstić information content (AvgIpc) is 2.61. The molecule has 2 N–H and O–H groups in total. The number of halogens is 1. The minimum absolute atomic E-state index is 0.105. The molecule has 100 valence electrons. The predicted octanol–water partition coefficient (Wildman–Crippen LogP) is 1.44. The number of sulfonamides is 1. The van der Waals surface area contributed by atoms with Crippen LogP contribution in [-0.4, -0.2) is 42.3 Å². The summed E-state index contributed by atoms with van der Waals surface area (Å²) in [6.07, 6.45) is 2.12. The Hall–Kier alpha value is -0.500. The van der Waals surface area contributed by atoms with Crippen LogP contribution in [0.25, 0.3) is 0 Å². The van der Waals surface area contributed by atoms with Gasteiger partial charge in [0.25, 0.3) is 0 Å². The molecular formula is C10H14ClN3O2S2. The monoisotopic (exact) mass is 307 g/mol. The highest BCUT2D eigenvalue weighted by Gasteiger charge is 2.26. The van der Waals surface area contributed by atoms with Gasteiger partial charge in [-0.15, -0.1) is 0 Å². The van der Waals surface area contributed by atoms with Gasteiger partial charge in [0.1, 0.15) is 10.7 Å². The molecule has 1 aromatic rings. The van der Waals surface area contributed by atoms with Crippen molar-refractivity contribution >= 4 is 39.2 Å². The van der Waals surface area contributed by atoms with Crippen molar-refractivity contribution in [2.75, 3.05) is 30.3 Å². The van der Waals surface area contributed by atoms with E-state index in [-0.39, 0.29) is 15.7 Å². The molecule has 0 amide bonds. The number of aromatic nitrogens is 1. The summed E-state index contributed by atoms with van der Waals surface area (Å²) in [5.41, 5.74) is 5.48. The van der Waals surface area contributed by atoms with Gasteiger partial charge in [-0.1, -0.05) is 11.6 Å². The maximum absolute atomic E-state index is 12.4. The first-order valence-electron chi connectivity index (χ1n) is 5.51. The van der Waals surface area contributed by atoms with Gasteiger partial charge in [0.15, 0.2) is 0 Å². The molecule has 0 atom stereocenters. The lowest BCUT2D eigenvalue weighted by atomic mass is 10.5. The number of nitrogens with zero attached hydrogens (tertiary/aromatic N) is 2. The van der Waals surface area contributed by atoms with Crippen LogP contribution in [0.15, 0.2) is 17.2 Å². The molecule has 0 unspecified atom stereocenters. The molecule has 0 spiro atoms. The minimum atomic E-state index is -3.51. The van der Waals surface area contributed by atoms with Crippen molar-refractivity contribution in [1.82, 2.24) is 9.29 Å². The van der Waals surface area contributed by atoms with E-state index in [1.807, 2.05) is 0 Å². The number of nitrogen functional groups attached to an aromatic ring is 1. The fourth-order valence-corrected chi connectivity index (χ4v) is 4.37. The Balaban J connectivity index is 2.31. The van der Waals surface area contributed by atoms with Crippen LogP contribution in [0.4, 0.5) is 5.82 Å². The third-order valence-electron chi connectivity index (χ3n) is 2.66.